The van der Waals surface area contributed by atoms with Crippen molar-refractivity contribution in [3.63, 3.8) is 0 Å². The van der Waals surface area contributed by atoms with Crippen molar-refractivity contribution in [1.29, 1.82) is 0 Å². The Balaban J connectivity index is 2.11. The second-order valence-corrected chi connectivity index (χ2v) is 5.81. The van der Waals surface area contributed by atoms with E-state index < -0.39 is 4.92 Å². The topological polar surface area (TPSA) is 63.5 Å². The van der Waals surface area contributed by atoms with Crippen LogP contribution >= 0.6 is 11.3 Å². The number of nitro benzene ring substituents is 1. The SMILES string of the molecule is C[C@@H](c1cccc([N+](=O)[O-])c1)N(C)C(=O)/C=C/c1cccs1. The number of nitro groups is 1. The summed E-state index contributed by atoms with van der Waals surface area (Å²) in [6, 6.07) is 9.95. The molecule has 0 aliphatic rings. The number of benzene rings is 1. The molecule has 0 unspecified atom stereocenters. The van der Waals surface area contributed by atoms with E-state index in [1.54, 1.807) is 41.5 Å². The summed E-state index contributed by atoms with van der Waals surface area (Å²) >= 11 is 1.55. The van der Waals surface area contributed by atoms with Gasteiger partial charge in [-0.1, -0.05) is 18.2 Å². The van der Waals surface area contributed by atoms with Crippen LogP contribution in [0.1, 0.15) is 23.4 Å². The number of non-ortho nitro benzene ring substituents is 1. The van der Waals surface area contributed by atoms with Crippen molar-refractivity contribution >= 4 is 29.0 Å². The molecular weight excluding hydrogens is 300 g/mol. The molecule has 5 nitrogen and oxygen atoms in total. The Morgan fingerprint density at radius 1 is 1.36 bits per heavy atom. The molecule has 0 fully saturated rings. The van der Waals surface area contributed by atoms with Crippen LogP contribution in [0.25, 0.3) is 6.08 Å². The van der Waals surface area contributed by atoms with Gasteiger partial charge in [0.15, 0.2) is 0 Å². The smallest absolute Gasteiger partial charge is 0.269 e. The molecule has 0 bridgehead atoms. The summed E-state index contributed by atoms with van der Waals surface area (Å²) < 4.78 is 0. The van der Waals surface area contributed by atoms with Crippen LogP contribution in [-0.4, -0.2) is 22.8 Å². The van der Waals surface area contributed by atoms with Crippen LogP contribution < -0.4 is 0 Å². The fraction of sp³-hybridized carbons (Fsp3) is 0.188. The van der Waals surface area contributed by atoms with Crippen LogP contribution in [0.15, 0.2) is 47.9 Å². The van der Waals surface area contributed by atoms with Crippen molar-refractivity contribution in [3.8, 4) is 0 Å². The average Bonchev–Trinajstić information content (AvgIpc) is 3.04. The van der Waals surface area contributed by atoms with Crippen LogP contribution in [0.4, 0.5) is 5.69 Å². The zero-order valence-electron chi connectivity index (χ0n) is 12.3. The van der Waals surface area contributed by atoms with E-state index >= 15 is 0 Å². The van der Waals surface area contributed by atoms with E-state index in [0.717, 1.165) is 10.4 Å². The Kier molecular flexibility index (Phi) is 5.06. The molecule has 2 aromatic rings. The summed E-state index contributed by atoms with van der Waals surface area (Å²) in [7, 11) is 1.69. The van der Waals surface area contributed by atoms with Crippen molar-refractivity contribution in [3.05, 3.63) is 68.4 Å². The van der Waals surface area contributed by atoms with Gasteiger partial charge < -0.3 is 4.90 Å². The van der Waals surface area contributed by atoms with E-state index in [-0.39, 0.29) is 17.6 Å². The monoisotopic (exact) mass is 316 g/mol. The second-order valence-electron chi connectivity index (χ2n) is 4.83. The third kappa shape index (κ3) is 3.79. The highest BCUT2D eigenvalue weighted by molar-refractivity contribution is 7.10. The molecule has 0 saturated carbocycles. The molecule has 22 heavy (non-hydrogen) atoms. The van der Waals surface area contributed by atoms with Crippen molar-refractivity contribution in [1.82, 2.24) is 4.90 Å². The number of rotatable bonds is 5. The second kappa shape index (κ2) is 7.00. The van der Waals surface area contributed by atoms with E-state index in [9.17, 15) is 14.9 Å². The number of likely N-dealkylation sites (N-methyl/N-ethyl adjacent to an activating group) is 1. The fourth-order valence-corrected chi connectivity index (χ4v) is 2.59. The zero-order chi connectivity index (χ0) is 16.1. The van der Waals surface area contributed by atoms with E-state index in [1.807, 2.05) is 24.4 Å². The molecule has 0 spiro atoms. The Morgan fingerprint density at radius 3 is 2.77 bits per heavy atom. The lowest BCUT2D eigenvalue weighted by atomic mass is 10.1. The van der Waals surface area contributed by atoms with Crippen LogP contribution in [0.2, 0.25) is 0 Å². The Labute approximate surface area is 132 Å². The molecule has 0 radical (unpaired) electrons. The normalized spacial score (nSPS) is 12.3. The lowest BCUT2D eigenvalue weighted by Gasteiger charge is -2.24. The minimum atomic E-state index is -0.436. The maximum absolute atomic E-state index is 12.2. The van der Waals surface area contributed by atoms with Gasteiger partial charge in [-0.3, -0.25) is 14.9 Å². The first-order valence-electron chi connectivity index (χ1n) is 6.72. The van der Waals surface area contributed by atoms with Gasteiger partial charge in [-0.15, -0.1) is 11.3 Å². The first-order chi connectivity index (χ1) is 10.5. The van der Waals surface area contributed by atoms with Gasteiger partial charge in [-0.05, 0) is 30.0 Å². The van der Waals surface area contributed by atoms with Gasteiger partial charge in [0, 0.05) is 30.1 Å². The van der Waals surface area contributed by atoms with Crippen molar-refractivity contribution < 1.29 is 9.72 Å². The Bertz CT molecular complexity index is 695. The van der Waals surface area contributed by atoms with Gasteiger partial charge in [0.25, 0.3) is 5.69 Å². The van der Waals surface area contributed by atoms with E-state index in [4.69, 9.17) is 0 Å². The van der Waals surface area contributed by atoms with Crippen molar-refractivity contribution in [2.75, 3.05) is 7.05 Å². The number of hydrogen-bond acceptors (Lipinski definition) is 4. The quantitative estimate of drug-likeness (QED) is 0.477. The molecule has 0 aliphatic carbocycles. The molecule has 0 N–H and O–H groups in total. The minimum absolute atomic E-state index is 0.0272. The first kappa shape index (κ1) is 15.9. The number of carbonyl (C=O) groups is 1. The van der Waals surface area contributed by atoms with Crippen LogP contribution in [0.3, 0.4) is 0 Å². The van der Waals surface area contributed by atoms with E-state index in [0.29, 0.717) is 0 Å². The van der Waals surface area contributed by atoms with E-state index in [1.165, 1.54) is 18.2 Å². The van der Waals surface area contributed by atoms with Gasteiger partial charge in [-0.2, -0.15) is 0 Å². The maximum Gasteiger partial charge on any atom is 0.269 e. The van der Waals surface area contributed by atoms with Crippen molar-refractivity contribution in [2.24, 2.45) is 0 Å². The molecule has 1 amide bonds. The lowest BCUT2D eigenvalue weighted by molar-refractivity contribution is -0.384. The third-order valence-electron chi connectivity index (χ3n) is 3.43. The first-order valence-corrected chi connectivity index (χ1v) is 7.59. The molecule has 1 heterocycles. The summed E-state index contributed by atoms with van der Waals surface area (Å²) in [5.41, 5.74) is 0.758. The molecule has 6 heteroatoms. The lowest BCUT2D eigenvalue weighted by Crippen LogP contribution is -2.28. The maximum atomic E-state index is 12.2. The zero-order valence-corrected chi connectivity index (χ0v) is 13.1. The standard InChI is InChI=1S/C16H16N2O3S/c1-12(13-5-3-6-14(11-13)18(20)21)17(2)16(19)9-8-15-7-4-10-22-15/h3-12H,1-2H3/b9-8+/t12-/m0/s1. The van der Waals surface area contributed by atoms with Gasteiger partial charge >= 0.3 is 0 Å². The summed E-state index contributed by atoms with van der Waals surface area (Å²) in [4.78, 5) is 25.1. The predicted molar refractivity (Wildman–Crippen MR) is 87.6 cm³/mol. The highest BCUT2D eigenvalue weighted by Gasteiger charge is 2.17. The largest absolute Gasteiger partial charge is 0.335 e. The molecule has 1 atom stereocenters. The predicted octanol–water partition coefficient (Wildman–Crippen LogP) is 3.89. The number of amides is 1. The van der Waals surface area contributed by atoms with Crippen LogP contribution in [0.5, 0.6) is 0 Å². The summed E-state index contributed by atoms with van der Waals surface area (Å²) in [5, 5.41) is 12.8. The highest BCUT2D eigenvalue weighted by Crippen LogP contribution is 2.23. The van der Waals surface area contributed by atoms with Gasteiger partial charge in [0.2, 0.25) is 5.91 Å². The molecule has 1 aromatic heterocycles. The molecule has 1 aromatic carbocycles. The Morgan fingerprint density at radius 2 is 2.14 bits per heavy atom. The van der Waals surface area contributed by atoms with E-state index in [2.05, 4.69) is 0 Å². The molecule has 0 aliphatic heterocycles. The molecule has 2 rings (SSSR count). The van der Waals surface area contributed by atoms with Gasteiger partial charge in [-0.25, -0.2) is 0 Å². The van der Waals surface area contributed by atoms with Crippen LogP contribution in [-0.2, 0) is 4.79 Å². The summed E-state index contributed by atoms with van der Waals surface area (Å²) in [6.07, 6.45) is 3.28. The van der Waals surface area contributed by atoms with Crippen LogP contribution in [0, 0.1) is 10.1 Å². The van der Waals surface area contributed by atoms with Gasteiger partial charge in [0.05, 0.1) is 11.0 Å². The number of carbonyl (C=O) groups excluding carboxylic acids is 1. The highest BCUT2D eigenvalue weighted by atomic mass is 32.1. The number of nitrogens with zero attached hydrogens (tertiary/aromatic N) is 2. The summed E-state index contributed by atoms with van der Waals surface area (Å²) in [5.74, 6) is -0.146. The van der Waals surface area contributed by atoms with Crippen molar-refractivity contribution in [2.45, 2.75) is 13.0 Å². The molecular formula is C16H16N2O3S. The number of hydrogen-bond donors (Lipinski definition) is 0. The third-order valence-corrected chi connectivity index (χ3v) is 4.26. The minimum Gasteiger partial charge on any atom is -0.335 e. The summed E-state index contributed by atoms with van der Waals surface area (Å²) in [6.45, 7) is 1.84. The fourth-order valence-electron chi connectivity index (χ4n) is 1.97. The average molecular weight is 316 g/mol. The number of thiophene rings is 1. The Hall–Kier alpha value is -2.47. The van der Waals surface area contributed by atoms with Gasteiger partial charge in [0.1, 0.15) is 0 Å². The molecule has 0 saturated heterocycles. The molecule has 114 valence electrons.